The normalized spacial score (nSPS) is 19.4. The molecule has 2 heterocycles. The monoisotopic (exact) mass is 299 g/mol. The van der Waals surface area contributed by atoms with Crippen molar-refractivity contribution in [2.45, 2.75) is 31.7 Å². The highest BCUT2D eigenvalue weighted by Crippen LogP contribution is 2.31. The Labute approximate surface area is 120 Å². The molecule has 1 aliphatic rings. The number of nitrogens with zero attached hydrogens (tertiary/aromatic N) is 3. The van der Waals surface area contributed by atoms with Crippen LogP contribution in [0.3, 0.4) is 0 Å². The topological polar surface area (TPSA) is 96.6 Å². The smallest absolute Gasteiger partial charge is 0.326 e. The molecule has 0 radical (unpaired) electrons. The van der Waals surface area contributed by atoms with E-state index in [4.69, 9.17) is 11.6 Å². The number of carboxylic acid groups (broad SMARTS) is 1. The van der Waals surface area contributed by atoms with Crippen LogP contribution in [0, 0.1) is 10.1 Å². The minimum Gasteiger partial charge on any atom is -0.480 e. The van der Waals surface area contributed by atoms with Crippen molar-refractivity contribution in [1.29, 1.82) is 0 Å². The van der Waals surface area contributed by atoms with E-state index in [1.807, 2.05) is 0 Å². The number of carboxylic acids is 1. The van der Waals surface area contributed by atoms with Crippen LogP contribution in [-0.2, 0) is 4.79 Å². The molecule has 1 saturated heterocycles. The number of carbonyl (C=O) groups is 1. The molecule has 20 heavy (non-hydrogen) atoms. The van der Waals surface area contributed by atoms with E-state index < -0.39 is 16.9 Å². The largest absolute Gasteiger partial charge is 0.480 e. The van der Waals surface area contributed by atoms with Crippen LogP contribution >= 0.6 is 11.6 Å². The number of anilines is 1. The zero-order chi connectivity index (χ0) is 14.7. The van der Waals surface area contributed by atoms with Gasteiger partial charge in [0.15, 0.2) is 0 Å². The minimum absolute atomic E-state index is 0.104. The molecule has 1 fully saturated rings. The van der Waals surface area contributed by atoms with Gasteiger partial charge in [-0.3, -0.25) is 10.1 Å². The van der Waals surface area contributed by atoms with Crippen LogP contribution in [-0.4, -0.2) is 33.6 Å². The van der Waals surface area contributed by atoms with Crippen LogP contribution in [0.15, 0.2) is 12.3 Å². The summed E-state index contributed by atoms with van der Waals surface area (Å²) in [6, 6.07) is 0.511. The Kier molecular flexibility index (Phi) is 4.39. The van der Waals surface area contributed by atoms with Gasteiger partial charge in [0.05, 0.1) is 9.95 Å². The van der Waals surface area contributed by atoms with Crippen molar-refractivity contribution in [3.05, 3.63) is 27.4 Å². The van der Waals surface area contributed by atoms with Crippen molar-refractivity contribution in [2.24, 2.45) is 0 Å². The Morgan fingerprint density at radius 1 is 1.50 bits per heavy atom. The van der Waals surface area contributed by atoms with Crippen molar-refractivity contribution in [3.63, 3.8) is 0 Å². The standard InChI is InChI=1S/C12H14ClN3O4/c13-9-6-8(16(19)20)7-14-11(9)15-5-3-1-2-4-10(15)12(17)18/h6-7,10H,1-5H2,(H,17,18). The van der Waals surface area contributed by atoms with E-state index in [1.165, 1.54) is 6.07 Å². The van der Waals surface area contributed by atoms with Crippen molar-refractivity contribution >= 4 is 29.1 Å². The first-order valence-corrected chi connectivity index (χ1v) is 6.68. The summed E-state index contributed by atoms with van der Waals surface area (Å²) in [4.78, 5) is 27.1. The van der Waals surface area contributed by atoms with E-state index >= 15 is 0 Å². The quantitative estimate of drug-likeness (QED) is 0.680. The van der Waals surface area contributed by atoms with E-state index in [0.29, 0.717) is 18.8 Å². The fourth-order valence-corrected chi connectivity index (χ4v) is 2.62. The second kappa shape index (κ2) is 6.04. The zero-order valence-corrected chi connectivity index (χ0v) is 11.4. The van der Waals surface area contributed by atoms with Gasteiger partial charge in [0, 0.05) is 12.6 Å². The van der Waals surface area contributed by atoms with Gasteiger partial charge < -0.3 is 10.0 Å². The van der Waals surface area contributed by atoms with Crippen LogP contribution in [0.2, 0.25) is 5.02 Å². The SMILES string of the molecule is O=C(O)C1CCCCCN1c1ncc([N+](=O)[O-])cc1Cl. The summed E-state index contributed by atoms with van der Waals surface area (Å²) in [5, 5.41) is 20.1. The van der Waals surface area contributed by atoms with Gasteiger partial charge >= 0.3 is 5.97 Å². The Balaban J connectivity index is 2.36. The molecule has 108 valence electrons. The van der Waals surface area contributed by atoms with Crippen LogP contribution in [0.4, 0.5) is 11.5 Å². The molecule has 1 aromatic heterocycles. The van der Waals surface area contributed by atoms with Crippen LogP contribution in [0.25, 0.3) is 0 Å². The molecule has 1 aromatic rings. The predicted molar refractivity (Wildman–Crippen MR) is 73.1 cm³/mol. The lowest BCUT2D eigenvalue weighted by molar-refractivity contribution is -0.385. The molecule has 7 nitrogen and oxygen atoms in total. The number of nitro groups is 1. The highest BCUT2D eigenvalue weighted by molar-refractivity contribution is 6.33. The first-order valence-electron chi connectivity index (χ1n) is 6.30. The first-order chi connectivity index (χ1) is 9.50. The average molecular weight is 300 g/mol. The van der Waals surface area contributed by atoms with Crippen molar-refractivity contribution < 1.29 is 14.8 Å². The predicted octanol–water partition coefficient (Wildman–Crippen LogP) is 2.48. The second-order valence-corrected chi connectivity index (χ2v) is 5.06. The van der Waals surface area contributed by atoms with Crippen molar-refractivity contribution in [2.75, 3.05) is 11.4 Å². The van der Waals surface area contributed by atoms with Gasteiger partial charge in [-0.05, 0) is 12.8 Å². The Bertz CT molecular complexity index is 537. The molecule has 0 spiro atoms. The lowest BCUT2D eigenvalue weighted by atomic mass is 10.1. The van der Waals surface area contributed by atoms with E-state index in [-0.39, 0.29) is 10.7 Å². The maximum Gasteiger partial charge on any atom is 0.326 e. The molecule has 0 bridgehead atoms. The van der Waals surface area contributed by atoms with E-state index in [2.05, 4.69) is 4.98 Å². The summed E-state index contributed by atoms with van der Waals surface area (Å²) < 4.78 is 0. The number of rotatable bonds is 3. The number of aliphatic carboxylic acids is 1. The molecular formula is C12H14ClN3O4. The molecule has 8 heteroatoms. The minimum atomic E-state index is -0.928. The van der Waals surface area contributed by atoms with Crippen molar-refractivity contribution in [1.82, 2.24) is 4.98 Å². The second-order valence-electron chi connectivity index (χ2n) is 4.65. The molecule has 0 amide bonds. The summed E-state index contributed by atoms with van der Waals surface area (Å²) in [5.74, 6) is -0.630. The maximum atomic E-state index is 11.4. The third-order valence-corrected chi connectivity index (χ3v) is 3.61. The Morgan fingerprint density at radius 3 is 2.85 bits per heavy atom. The molecular weight excluding hydrogens is 286 g/mol. The summed E-state index contributed by atoms with van der Waals surface area (Å²) in [7, 11) is 0. The highest BCUT2D eigenvalue weighted by Gasteiger charge is 2.30. The van der Waals surface area contributed by atoms with Gasteiger partial charge in [-0.1, -0.05) is 24.4 Å². The molecule has 1 aliphatic heterocycles. The molecule has 1 atom stereocenters. The number of aromatic nitrogens is 1. The molecule has 1 N–H and O–H groups in total. The summed E-state index contributed by atoms with van der Waals surface area (Å²) >= 11 is 6.03. The van der Waals surface area contributed by atoms with E-state index in [1.54, 1.807) is 4.90 Å². The van der Waals surface area contributed by atoms with Crippen LogP contribution < -0.4 is 4.90 Å². The van der Waals surface area contributed by atoms with Gasteiger partial charge in [-0.2, -0.15) is 0 Å². The fraction of sp³-hybridized carbons (Fsp3) is 0.500. The number of hydrogen-bond acceptors (Lipinski definition) is 5. The van der Waals surface area contributed by atoms with E-state index in [9.17, 15) is 20.0 Å². The van der Waals surface area contributed by atoms with Crippen LogP contribution in [0.5, 0.6) is 0 Å². The number of pyridine rings is 1. The zero-order valence-electron chi connectivity index (χ0n) is 10.7. The molecule has 1 unspecified atom stereocenters. The van der Waals surface area contributed by atoms with Crippen molar-refractivity contribution in [3.8, 4) is 0 Å². The number of hydrogen-bond donors (Lipinski definition) is 1. The van der Waals surface area contributed by atoms with Gasteiger partial charge in [0.1, 0.15) is 18.1 Å². The average Bonchev–Trinajstić information content (AvgIpc) is 2.64. The van der Waals surface area contributed by atoms with Gasteiger partial charge in [-0.25, -0.2) is 9.78 Å². The Morgan fingerprint density at radius 2 is 2.25 bits per heavy atom. The molecule has 2 rings (SSSR count). The summed E-state index contributed by atoms with van der Waals surface area (Å²) in [6.45, 7) is 0.529. The lowest BCUT2D eigenvalue weighted by Gasteiger charge is -2.28. The fourth-order valence-electron chi connectivity index (χ4n) is 2.35. The lowest BCUT2D eigenvalue weighted by Crippen LogP contribution is -2.41. The van der Waals surface area contributed by atoms with Gasteiger partial charge in [-0.15, -0.1) is 0 Å². The third kappa shape index (κ3) is 2.98. The third-order valence-electron chi connectivity index (χ3n) is 3.33. The van der Waals surface area contributed by atoms with Gasteiger partial charge in [0.25, 0.3) is 5.69 Å². The highest BCUT2D eigenvalue weighted by atomic mass is 35.5. The Hall–Kier alpha value is -1.89. The number of halogens is 1. The first kappa shape index (κ1) is 14.5. The molecule has 0 aliphatic carbocycles. The molecule has 0 saturated carbocycles. The summed E-state index contributed by atoms with van der Waals surface area (Å²) in [6.07, 6.45) is 4.25. The van der Waals surface area contributed by atoms with Gasteiger partial charge in [0.2, 0.25) is 0 Å². The van der Waals surface area contributed by atoms with Crippen LogP contribution in [0.1, 0.15) is 25.7 Å². The maximum absolute atomic E-state index is 11.4. The molecule has 0 aromatic carbocycles. The summed E-state index contributed by atoms with van der Waals surface area (Å²) in [5.41, 5.74) is -0.208. The van der Waals surface area contributed by atoms with E-state index in [0.717, 1.165) is 25.5 Å².